The summed E-state index contributed by atoms with van der Waals surface area (Å²) in [6, 6.07) is 8.56. The number of benzene rings is 1. The van der Waals surface area contributed by atoms with Gasteiger partial charge in [-0.1, -0.05) is 38.1 Å². The molecular formula is C11H14N4. The van der Waals surface area contributed by atoms with Gasteiger partial charge in [0.15, 0.2) is 0 Å². The number of tetrazole rings is 1. The van der Waals surface area contributed by atoms with Crippen LogP contribution in [0, 0.1) is 0 Å². The SMILES string of the molecule is CC(C)c1ccc(Cn2cnnn2)cc1. The zero-order valence-corrected chi connectivity index (χ0v) is 8.96. The van der Waals surface area contributed by atoms with E-state index < -0.39 is 0 Å². The van der Waals surface area contributed by atoms with Crippen LogP contribution >= 0.6 is 0 Å². The Kier molecular flexibility index (Phi) is 2.76. The van der Waals surface area contributed by atoms with Crippen molar-refractivity contribution in [2.45, 2.75) is 26.3 Å². The van der Waals surface area contributed by atoms with Gasteiger partial charge in [0.25, 0.3) is 0 Å². The second-order valence-electron chi connectivity index (χ2n) is 3.90. The summed E-state index contributed by atoms with van der Waals surface area (Å²) in [6.07, 6.45) is 1.62. The summed E-state index contributed by atoms with van der Waals surface area (Å²) < 4.78 is 1.71. The molecule has 0 amide bonds. The van der Waals surface area contributed by atoms with Crippen molar-refractivity contribution in [1.82, 2.24) is 20.2 Å². The number of aromatic nitrogens is 4. The third kappa shape index (κ3) is 2.40. The quantitative estimate of drug-likeness (QED) is 0.762. The molecule has 0 radical (unpaired) electrons. The Morgan fingerprint density at radius 3 is 2.47 bits per heavy atom. The van der Waals surface area contributed by atoms with Crippen LogP contribution < -0.4 is 0 Å². The molecule has 0 bridgehead atoms. The van der Waals surface area contributed by atoms with E-state index in [0.29, 0.717) is 5.92 Å². The van der Waals surface area contributed by atoms with Gasteiger partial charge in [0.1, 0.15) is 6.33 Å². The molecule has 0 unspecified atom stereocenters. The van der Waals surface area contributed by atoms with Gasteiger partial charge in [0.05, 0.1) is 6.54 Å². The molecular weight excluding hydrogens is 188 g/mol. The van der Waals surface area contributed by atoms with Crippen molar-refractivity contribution < 1.29 is 0 Å². The fraction of sp³-hybridized carbons (Fsp3) is 0.364. The number of hydrogen-bond donors (Lipinski definition) is 0. The lowest BCUT2D eigenvalue weighted by Crippen LogP contribution is -2.00. The molecule has 0 N–H and O–H groups in total. The molecule has 1 aromatic heterocycles. The van der Waals surface area contributed by atoms with Crippen LogP contribution in [0.3, 0.4) is 0 Å². The minimum atomic E-state index is 0.576. The Bertz CT molecular complexity index is 403. The molecule has 0 spiro atoms. The molecule has 78 valence electrons. The van der Waals surface area contributed by atoms with Gasteiger partial charge in [-0.25, -0.2) is 4.68 Å². The van der Waals surface area contributed by atoms with Gasteiger partial charge in [0, 0.05) is 0 Å². The van der Waals surface area contributed by atoms with Gasteiger partial charge < -0.3 is 0 Å². The zero-order chi connectivity index (χ0) is 10.7. The maximum atomic E-state index is 3.82. The number of nitrogens with zero attached hydrogens (tertiary/aromatic N) is 4. The Morgan fingerprint density at radius 2 is 1.93 bits per heavy atom. The third-order valence-electron chi connectivity index (χ3n) is 2.38. The molecule has 1 aromatic carbocycles. The van der Waals surface area contributed by atoms with Crippen LogP contribution in [0.1, 0.15) is 30.9 Å². The third-order valence-corrected chi connectivity index (χ3v) is 2.38. The van der Waals surface area contributed by atoms with Gasteiger partial charge in [-0.05, 0) is 27.5 Å². The van der Waals surface area contributed by atoms with E-state index in [1.807, 2.05) is 0 Å². The van der Waals surface area contributed by atoms with Gasteiger partial charge >= 0.3 is 0 Å². The average molecular weight is 202 g/mol. The normalized spacial score (nSPS) is 10.9. The van der Waals surface area contributed by atoms with Crippen molar-refractivity contribution >= 4 is 0 Å². The van der Waals surface area contributed by atoms with Crippen LogP contribution in [0.15, 0.2) is 30.6 Å². The first-order valence-electron chi connectivity index (χ1n) is 5.05. The summed E-state index contributed by atoms with van der Waals surface area (Å²) in [5.74, 6) is 0.576. The molecule has 0 aliphatic carbocycles. The predicted molar refractivity (Wildman–Crippen MR) is 57.5 cm³/mol. The van der Waals surface area contributed by atoms with Crippen LogP contribution in [-0.4, -0.2) is 20.2 Å². The minimum Gasteiger partial charge on any atom is -0.228 e. The Hall–Kier alpha value is -1.71. The van der Waals surface area contributed by atoms with Crippen LogP contribution in [0.5, 0.6) is 0 Å². The lowest BCUT2D eigenvalue weighted by molar-refractivity contribution is 0.648. The molecule has 15 heavy (non-hydrogen) atoms. The highest BCUT2D eigenvalue weighted by Gasteiger charge is 1.99. The van der Waals surface area contributed by atoms with Crippen molar-refractivity contribution in [3.8, 4) is 0 Å². The first kappa shape index (κ1) is 9.83. The number of rotatable bonds is 3. The molecule has 0 aliphatic rings. The van der Waals surface area contributed by atoms with Crippen LogP contribution in [0.4, 0.5) is 0 Å². The van der Waals surface area contributed by atoms with E-state index >= 15 is 0 Å². The maximum absolute atomic E-state index is 3.82. The van der Waals surface area contributed by atoms with E-state index in [9.17, 15) is 0 Å². The largest absolute Gasteiger partial charge is 0.228 e. The molecule has 1 heterocycles. The van der Waals surface area contributed by atoms with Gasteiger partial charge in [-0.15, -0.1) is 5.10 Å². The molecule has 4 heteroatoms. The highest BCUT2D eigenvalue weighted by molar-refractivity contribution is 5.24. The molecule has 0 aliphatic heterocycles. The average Bonchev–Trinajstić information content (AvgIpc) is 2.71. The molecule has 2 rings (SSSR count). The van der Waals surface area contributed by atoms with E-state index in [1.54, 1.807) is 11.0 Å². The summed E-state index contributed by atoms with van der Waals surface area (Å²) in [5.41, 5.74) is 2.57. The number of hydrogen-bond acceptors (Lipinski definition) is 3. The summed E-state index contributed by atoms with van der Waals surface area (Å²) >= 11 is 0. The van der Waals surface area contributed by atoms with E-state index in [4.69, 9.17) is 0 Å². The van der Waals surface area contributed by atoms with Crippen LogP contribution in [0.2, 0.25) is 0 Å². The molecule has 2 aromatic rings. The van der Waals surface area contributed by atoms with E-state index in [0.717, 1.165) is 6.54 Å². The highest BCUT2D eigenvalue weighted by Crippen LogP contribution is 2.14. The van der Waals surface area contributed by atoms with Crippen molar-refractivity contribution in [2.75, 3.05) is 0 Å². The van der Waals surface area contributed by atoms with E-state index in [2.05, 4.69) is 53.6 Å². The smallest absolute Gasteiger partial charge is 0.138 e. The van der Waals surface area contributed by atoms with Gasteiger partial charge in [-0.3, -0.25) is 0 Å². The standard InChI is InChI=1S/C11H14N4/c1-9(2)11-5-3-10(4-6-11)7-15-8-12-13-14-15/h3-6,8-9H,7H2,1-2H3. The molecule has 0 saturated heterocycles. The van der Waals surface area contributed by atoms with Crippen molar-refractivity contribution in [3.05, 3.63) is 41.7 Å². The van der Waals surface area contributed by atoms with Crippen molar-refractivity contribution in [2.24, 2.45) is 0 Å². The van der Waals surface area contributed by atoms with Crippen molar-refractivity contribution in [3.63, 3.8) is 0 Å². The van der Waals surface area contributed by atoms with Gasteiger partial charge in [-0.2, -0.15) is 0 Å². The summed E-state index contributed by atoms with van der Waals surface area (Å²) in [7, 11) is 0. The minimum absolute atomic E-state index is 0.576. The fourth-order valence-electron chi connectivity index (χ4n) is 1.45. The topological polar surface area (TPSA) is 43.6 Å². The first-order valence-corrected chi connectivity index (χ1v) is 5.05. The van der Waals surface area contributed by atoms with Crippen LogP contribution in [-0.2, 0) is 6.54 Å². The molecule has 0 atom stereocenters. The molecule has 0 fully saturated rings. The van der Waals surface area contributed by atoms with E-state index in [1.165, 1.54) is 11.1 Å². The Labute approximate surface area is 88.9 Å². The Balaban J connectivity index is 2.11. The summed E-state index contributed by atoms with van der Waals surface area (Å²) in [5, 5.41) is 11.0. The van der Waals surface area contributed by atoms with Crippen LogP contribution in [0.25, 0.3) is 0 Å². The second-order valence-corrected chi connectivity index (χ2v) is 3.90. The Morgan fingerprint density at radius 1 is 1.20 bits per heavy atom. The second kappa shape index (κ2) is 4.21. The van der Waals surface area contributed by atoms with Crippen molar-refractivity contribution in [1.29, 1.82) is 0 Å². The fourth-order valence-corrected chi connectivity index (χ4v) is 1.45. The zero-order valence-electron chi connectivity index (χ0n) is 8.96. The summed E-state index contributed by atoms with van der Waals surface area (Å²) in [6.45, 7) is 5.11. The van der Waals surface area contributed by atoms with Gasteiger partial charge in [0.2, 0.25) is 0 Å². The molecule has 4 nitrogen and oxygen atoms in total. The predicted octanol–water partition coefficient (Wildman–Crippen LogP) is 1.84. The lowest BCUT2D eigenvalue weighted by atomic mass is 10.0. The maximum Gasteiger partial charge on any atom is 0.138 e. The van der Waals surface area contributed by atoms with E-state index in [-0.39, 0.29) is 0 Å². The lowest BCUT2D eigenvalue weighted by Gasteiger charge is -2.06. The molecule has 0 saturated carbocycles. The summed E-state index contributed by atoms with van der Waals surface area (Å²) in [4.78, 5) is 0. The monoisotopic (exact) mass is 202 g/mol. The first-order chi connectivity index (χ1) is 7.25. The highest BCUT2D eigenvalue weighted by atomic mass is 15.5.